The molecular weight excluding hydrogens is 444 g/mol. The van der Waals surface area contributed by atoms with Gasteiger partial charge < -0.3 is 15.1 Å². The Morgan fingerprint density at radius 1 is 0.912 bits per heavy atom. The lowest BCUT2D eigenvalue weighted by atomic mass is 10.1. The fourth-order valence-electron chi connectivity index (χ4n) is 4.36. The largest absolute Gasteiger partial charge is 0.368 e. The summed E-state index contributed by atoms with van der Waals surface area (Å²) in [5, 5.41) is 3.73. The van der Waals surface area contributed by atoms with E-state index in [1.165, 1.54) is 28.3 Å². The van der Waals surface area contributed by atoms with Gasteiger partial charge in [0, 0.05) is 48.5 Å². The van der Waals surface area contributed by atoms with Crippen molar-refractivity contribution in [3.63, 3.8) is 0 Å². The van der Waals surface area contributed by atoms with Crippen molar-refractivity contribution in [2.45, 2.75) is 13.8 Å². The summed E-state index contributed by atoms with van der Waals surface area (Å²) in [7, 11) is 0. The maximum absolute atomic E-state index is 13.2. The van der Waals surface area contributed by atoms with E-state index in [0.717, 1.165) is 23.2 Å². The molecule has 2 heterocycles. The molecule has 1 N–H and O–H groups in total. The van der Waals surface area contributed by atoms with Gasteiger partial charge in [0.2, 0.25) is 0 Å². The van der Waals surface area contributed by atoms with Crippen LogP contribution in [-0.2, 0) is 0 Å². The van der Waals surface area contributed by atoms with Gasteiger partial charge >= 0.3 is 0 Å². The highest BCUT2D eigenvalue weighted by atomic mass is 32.1. The molecule has 1 aromatic heterocycles. The van der Waals surface area contributed by atoms with Crippen molar-refractivity contribution in [2.75, 3.05) is 36.4 Å². The molecule has 0 atom stereocenters. The molecule has 3 aromatic carbocycles. The second-order valence-electron chi connectivity index (χ2n) is 8.63. The number of anilines is 2. The average molecular weight is 471 g/mol. The molecule has 7 heteroatoms. The van der Waals surface area contributed by atoms with Crippen molar-refractivity contribution < 1.29 is 9.59 Å². The second kappa shape index (κ2) is 9.27. The normalized spacial score (nSPS) is 13.8. The van der Waals surface area contributed by atoms with Gasteiger partial charge in [0.25, 0.3) is 11.8 Å². The number of benzene rings is 3. The molecule has 1 aliphatic rings. The number of nitrogens with one attached hydrogen (secondary N) is 1. The lowest BCUT2D eigenvalue weighted by Gasteiger charge is -2.37. The lowest BCUT2D eigenvalue weighted by Crippen LogP contribution is -2.49. The van der Waals surface area contributed by atoms with Crippen LogP contribution in [0.25, 0.3) is 10.1 Å². The van der Waals surface area contributed by atoms with Crippen LogP contribution in [0.5, 0.6) is 0 Å². The van der Waals surface area contributed by atoms with E-state index in [1.807, 2.05) is 29.2 Å². The SMILES string of the molecule is Cc1ccc(C)c(N2CCN(C(=O)c3cccc(NC(=O)c4nsc5ccccc45)c3)CC2)c1. The van der Waals surface area contributed by atoms with Crippen LogP contribution < -0.4 is 10.2 Å². The zero-order valence-corrected chi connectivity index (χ0v) is 20.1. The molecule has 1 saturated heterocycles. The topological polar surface area (TPSA) is 65.5 Å². The van der Waals surface area contributed by atoms with Crippen LogP contribution in [0.3, 0.4) is 0 Å². The summed E-state index contributed by atoms with van der Waals surface area (Å²) in [6, 6.07) is 21.3. The third kappa shape index (κ3) is 4.39. The van der Waals surface area contributed by atoms with E-state index in [4.69, 9.17) is 0 Å². The first-order chi connectivity index (χ1) is 16.5. The highest BCUT2D eigenvalue weighted by Crippen LogP contribution is 2.25. The first-order valence-corrected chi connectivity index (χ1v) is 12.1. The van der Waals surface area contributed by atoms with Crippen molar-refractivity contribution in [3.05, 3.63) is 89.1 Å². The zero-order chi connectivity index (χ0) is 23.7. The molecular formula is C27H26N4O2S. The summed E-state index contributed by atoms with van der Waals surface area (Å²) in [6.07, 6.45) is 0. The predicted octanol–water partition coefficient (Wildman–Crippen LogP) is 5.13. The summed E-state index contributed by atoms with van der Waals surface area (Å²) in [5.74, 6) is -0.292. The number of rotatable bonds is 4. The first-order valence-electron chi connectivity index (χ1n) is 11.4. The Balaban J connectivity index is 1.26. The van der Waals surface area contributed by atoms with Gasteiger partial charge in [-0.25, -0.2) is 0 Å². The quantitative estimate of drug-likeness (QED) is 0.449. The Kier molecular flexibility index (Phi) is 6.02. The molecule has 0 radical (unpaired) electrons. The number of piperazine rings is 1. The fourth-order valence-corrected chi connectivity index (χ4v) is 5.14. The Labute approximate surface area is 203 Å². The number of fused-ring (bicyclic) bond motifs is 1. The summed E-state index contributed by atoms with van der Waals surface area (Å²) >= 11 is 1.30. The summed E-state index contributed by atoms with van der Waals surface area (Å²) in [4.78, 5) is 30.2. The van der Waals surface area contributed by atoms with Crippen LogP contribution in [-0.4, -0.2) is 47.3 Å². The molecule has 1 fully saturated rings. The molecule has 6 nitrogen and oxygen atoms in total. The molecule has 4 aromatic rings. The number of hydrogen-bond donors (Lipinski definition) is 1. The highest BCUT2D eigenvalue weighted by Gasteiger charge is 2.23. The van der Waals surface area contributed by atoms with Gasteiger partial charge in [0.15, 0.2) is 0 Å². The molecule has 1 aliphatic heterocycles. The Morgan fingerprint density at radius 3 is 2.53 bits per heavy atom. The van der Waals surface area contributed by atoms with Crippen molar-refractivity contribution >= 4 is 44.8 Å². The van der Waals surface area contributed by atoms with E-state index >= 15 is 0 Å². The van der Waals surface area contributed by atoms with Crippen molar-refractivity contribution in [1.82, 2.24) is 9.27 Å². The number of aryl methyl sites for hydroxylation is 2. The van der Waals surface area contributed by atoms with E-state index < -0.39 is 0 Å². The van der Waals surface area contributed by atoms with Crippen LogP contribution in [0.1, 0.15) is 32.0 Å². The smallest absolute Gasteiger partial charge is 0.276 e. The summed E-state index contributed by atoms with van der Waals surface area (Å²) in [6.45, 7) is 7.14. The average Bonchev–Trinajstić information content (AvgIpc) is 3.30. The molecule has 0 saturated carbocycles. The Bertz CT molecular complexity index is 1370. The van der Waals surface area contributed by atoms with Crippen molar-refractivity contribution in [1.29, 1.82) is 0 Å². The number of nitrogens with zero attached hydrogens (tertiary/aromatic N) is 3. The van der Waals surface area contributed by atoms with Gasteiger partial charge in [-0.1, -0.05) is 36.4 Å². The molecule has 0 bridgehead atoms. The monoisotopic (exact) mass is 470 g/mol. The standard InChI is InChI=1S/C27H26N4O2S/c1-18-10-11-19(2)23(16-18)30-12-14-31(15-13-30)27(33)20-6-5-7-21(17-20)28-26(32)25-22-8-3-4-9-24(22)34-29-25/h3-11,16-17H,12-15H2,1-2H3,(H,28,32). The van der Waals surface area contributed by atoms with Gasteiger partial charge in [0.1, 0.15) is 5.69 Å². The third-order valence-electron chi connectivity index (χ3n) is 6.23. The number of carbonyl (C=O) groups is 2. The zero-order valence-electron chi connectivity index (χ0n) is 19.2. The van der Waals surface area contributed by atoms with E-state index in [0.29, 0.717) is 30.0 Å². The minimum absolute atomic E-state index is 0.0178. The number of aromatic nitrogens is 1. The molecule has 0 spiro atoms. The van der Waals surface area contributed by atoms with E-state index in [2.05, 4.69) is 46.6 Å². The molecule has 2 amide bonds. The summed E-state index contributed by atoms with van der Waals surface area (Å²) in [5.41, 5.74) is 5.29. The third-order valence-corrected chi connectivity index (χ3v) is 7.06. The van der Waals surface area contributed by atoms with Gasteiger partial charge in [-0.2, -0.15) is 4.37 Å². The van der Waals surface area contributed by atoms with Crippen LogP contribution in [0.4, 0.5) is 11.4 Å². The molecule has 172 valence electrons. The maximum Gasteiger partial charge on any atom is 0.276 e. The van der Waals surface area contributed by atoms with E-state index in [1.54, 1.807) is 24.3 Å². The summed E-state index contributed by atoms with van der Waals surface area (Å²) < 4.78 is 5.28. The first kappa shape index (κ1) is 22.1. The highest BCUT2D eigenvalue weighted by molar-refractivity contribution is 7.13. The number of amides is 2. The molecule has 5 rings (SSSR count). The van der Waals surface area contributed by atoms with Crippen molar-refractivity contribution in [3.8, 4) is 0 Å². The van der Waals surface area contributed by atoms with Gasteiger partial charge in [0.05, 0.1) is 4.70 Å². The Hall–Kier alpha value is -3.71. The van der Waals surface area contributed by atoms with Crippen LogP contribution >= 0.6 is 11.5 Å². The minimum atomic E-state index is -0.274. The number of carbonyl (C=O) groups excluding carboxylic acids is 2. The van der Waals surface area contributed by atoms with Crippen LogP contribution in [0, 0.1) is 13.8 Å². The molecule has 0 aliphatic carbocycles. The predicted molar refractivity (Wildman–Crippen MR) is 138 cm³/mol. The van der Waals surface area contributed by atoms with Gasteiger partial charge in [-0.15, -0.1) is 0 Å². The lowest BCUT2D eigenvalue weighted by molar-refractivity contribution is 0.0746. The van der Waals surface area contributed by atoms with Crippen LogP contribution in [0.2, 0.25) is 0 Å². The van der Waals surface area contributed by atoms with Crippen LogP contribution in [0.15, 0.2) is 66.7 Å². The second-order valence-corrected chi connectivity index (χ2v) is 9.44. The van der Waals surface area contributed by atoms with Crippen molar-refractivity contribution in [2.24, 2.45) is 0 Å². The number of hydrogen-bond acceptors (Lipinski definition) is 5. The fraction of sp³-hybridized carbons (Fsp3) is 0.222. The Morgan fingerprint density at radius 2 is 1.71 bits per heavy atom. The van der Waals surface area contributed by atoms with E-state index in [-0.39, 0.29) is 11.8 Å². The minimum Gasteiger partial charge on any atom is -0.368 e. The molecule has 0 unspecified atom stereocenters. The van der Waals surface area contributed by atoms with Gasteiger partial charge in [-0.3, -0.25) is 9.59 Å². The maximum atomic E-state index is 13.2. The van der Waals surface area contributed by atoms with E-state index in [9.17, 15) is 9.59 Å². The molecule has 34 heavy (non-hydrogen) atoms. The van der Waals surface area contributed by atoms with Gasteiger partial charge in [-0.05, 0) is 66.8 Å².